The van der Waals surface area contributed by atoms with Gasteiger partial charge in [0.15, 0.2) is 11.6 Å². The van der Waals surface area contributed by atoms with E-state index >= 15 is 0 Å². The summed E-state index contributed by atoms with van der Waals surface area (Å²) in [7, 11) is 0. The number of halogens is 4. The molecule has 140 valence electrons. The van der Waals surface area contributed by atoms with Crippen LogP contribution < -0.4 is 10.1 Å². The molecular formula is C14H15F4NO6. The lowest BCUT2D eigenvalue weighted by atomic mass is 9.97. The number of amides is 1. The zero-order valence-corrected chi connectivity index (χ0v) is 12.5. The van der Waals surface area contributed by atoms with Gasteiger partial charge in [-0.15, -0.1) is 0 Å². The van der Waals surface area contributed by atoms with Crippen molar-refractivity contribution in [1.29, 1.82) is 0 Å². The molecule has 0 aliphatic carbocycles. The van der Waals surface area contributed by atoms with Gasteiger partial charge in [-0.3, -0.25) is 4.79 Å². The van der Waals surface area contributed by atoms with E-state index in [1.54, 1.807) is 5.32 Å². The maximum absolute atomic E-state index is 13.2. The Kier molecular flexibility index (Phi) is 6.16. The molecule has 0 radical (unpaired) electrons. The van der Waals surface area contributed by atoms with Crippen LogP contribution in [0.2, 0.25) is 0 Å². The average Bonchev–Trinajstić information content (AvgIpc) is 2.57. The molecule has 7 nitrogen and oxygen atoms in total. The van der Waals surface area contributed by atoms with E-state index in [1.165, 1.54) is 0 Å². The van der Waals surface area contributed by atoms with E-state index in [9.17, 15) is 32.6 Å². The van der Waals surface area contributed by atoms with Crippen molar-refractivity contribution in [3.8, 4) is 5.75 Å². The number of rotatable bonds is 5. The third kappa shape index (κ3) is 4.37. The number of aliphatic hydroxyl groups is 3. The van der Waals surface area contributed by atoms with Gasteiger partial charge in [0.05, 0.1) is 6.61 Å². The van der Waals surface area contributed by atoms with E-state index in [0.717, 1.165) is 12.1 Å². The smallest absolute Gasteiger partial charge is 0.315 e. The standard InChI is InChI=1S/C14H15F4NO6/c15-6-2-1-5(3-7(6)16)24-14-9(19-13(23)12(17)18)11(22)10(21)8(4-20)25-14/h1-3,8-12,14,20-22H,4H2,(H,19,23)/t8-,9-,10-,11-,14-/m1/s1. The van der Waals surface area contributed by atoms with Crippen LogP contribution in [0.5, 0.6) is 5.75 Å². The Morgan fingerprint density at radius 1 is 1.24 bits per heavy atom. The van der Waals surface area contributed by atoms with Gasteiger partial charge in [0.1, 0.15) is 30.1 Å². The van der Waals surface area contributed by atoms with Crippen LogP contribution in [0.4, 0.5) is 17.6 Å². The van der Waals surface area contributed by atoms with Crippen LogP contribution >= 0.6 is 0 Å². The van der Waals surface area contributed by atoms with Crippen molar-refractivity contribution in [2.45, 2.75) is 37.1 Å². The highest BCUT2D eigenvalue weighted by Crippen LogP contribution is 2.25. The number of carbonyl (C=O) groups is 1. The molecule has 0 aromatic heterocycles. The van der Waals surface area contributed by atoms with Crippen molar-refractivity contribution in [2.24, 2.45) is 0 Å². The topological polar surface area (TPSA) is 108 Å². The van der Waals surface area contributed by atoms with Crippen molar-refractivity contribution in [2.75, 3.05) is 6.61 Å². The van der Waals surface area contributed by atoms with E-state index < -0.39 is 61.2 Å². The fourth-order valence-electron chi connectivity index (χ4n) is 2.25. The van der Waals surface area contributed by atoms with Crippen molar-refractivity contribution < 1.29 is 47.1 Å². The first-order valence-electron chi connectivity index (χ1n) is 7.07. The molecule has 0 bridgehead atoms. The van der Waals surface area contributed by atoms with Gasteiger partial charge in [0.2, 0.25) is 6.29 Å². The molecule has 25 heavy (non-hydrogen) atoms. The average molecular weight is 369 g/mol. The van der Waals surface area contributed by atoms with Crippen molar-refractivity contribution in [3.05, 3.63) is 29.8 Å². The fourth-order valence-corrected chi connectivity index (χ4v) is 2.25. The Bertz CT molecular complexity index is 619. The number of hydrogen-bond acceptors (Lipinski definition) is 6. The minimum atomic E-state index is -3.41. The predicted molar refractivity (Wildman–Crippen MR) is 72.7 cm³/mol. The quantitative estimate of drug-likeness (QED) is 0.523. The Morgan fingerprint density at radius 3 is 2.48 bits per heavy atom. The second kappa shape index (κ2) is 7.95. The summed E-state index contributed by atoms with van der Waals surface area (Å²) in [6, 6.07) is 0.706. The highest BCUT2D eigenvalue weighted by Gasteiger charge is 2.47. The van der Waals surface area contributed by atoms with Gasteiger partial charge in [-0.1, -0.05) is 0 Å². The summed E-state index contributed by atoms with van der Waals surface area (Å²) in [5, 5.41) is 30.7. The van der Waals surface area contributed by atoms with Crippen LogP contribution in [0.1, 0.15) is 0 Å². The molecule has 5 atom stereocenters. The van der Waals surface area contributed by atoms with Gasteiger partial charge in [-0.05, 0) is 12.1 Å². The third-order valence-electron chi connectivity index (χ3n) is 3.53. The molecule has 0 spiro atoms. The van der Waals surface area contributed by atoms with Gasteiger partial charge in [0.25, 0.3) is 5.91 Å². The zero-order valence-electron chi connectivity index (χ0n) is 12.5. The molecule has 1 fully saturated rings. The first kappa shape index (κ1) is 19.4. The molecule has 1 aliphatic rings. The summed E-state index contributed by atoms with van der Waals surface area (Å²) >= 11 is 0. The van der Waals surface area contributed by atoms with Crippen molar-refractivity contribution in [1.82, 2.24) is 5.32 Å². The Hall–Kier alpha value is -1.95. The molecule has 1 aromatic rings. The van der Waals surface area contributed by atoms with E-state index in [0.29, 0.717) is 6.07 Å². The lowest BCUT2D eigenvalue weighted by Crippen LogP contribution is -2.66. The molecule has 1 aliphatic heterocycles. The van der Waals surface area contributed by atoms with Crippen molar-refractivity contribution in [3.63, 3.8) is 0 Å². The number of hydrogen-bond donors (Lipinski definition) is 4. The van der Waals surface area contributed by atoms with E-state index in [2.05, 4.69) is 0 Å². The molecule has 1 amide bonds. The first-order chi connectivity index (χ1) is 11.7. The van der Waals surface area contributed by atoms with Gasteiger partial charge in [-0.2, -0.15) is 8.78 Å². The second-order valence-corrected chi connectivity index (χ2v) is 5.24. The van der Waals surface area contributed by atoms with Gasteiger partial charge >= 0.3 is 6.43 Å². The minimum Gasteiger partial charge on any atom is -0.462 e. The van der Waals surface area contributed by atoms with Crippen LogP contribution in [-0.4, -0.2) is 64.9 Å². The first-order valence-corrected chi connectivity index (χ1v) is 7.07. The summed E-state index contributed by atoms with van der Waals surface area (Å²) in [4.78, 5) is 11.2. The summed E-state index contributed by atoms with van der Waals surface area (Å²) in [5.74, 6) is -4.48. The molecule has 0 unspecified atom stereocenters. The minimum absolute atomic E-state index is 0.291. The predicted octanol–water partition coefficient (Wildman–Crippen LogP) is -0.468. The molecular weight excluding hydrogens is 354 g/mol. The fraction of sp³-hybridized carbons (Fsp3) is 0.500. The number of aliphatic hydroxyl groups excluding tert-OH is 3. The van der Waals surface area contributed by atoms with E-state index in [-0.39, 0.29) is 5.75 Å². The van der Waals surface area contributed by atoms with Gasteiger partial charge in [-0.25, -0.2) is 8.78 Å². The van der Waals surface area contributed by atoms with Gasteiger partial charge < -0.3 is 30.1 Å². The van der Waals surface area contributed by atoms with Crippen LogP contribution in [0.15, 0.2) is 18.2 Å². The molecule has 2 rings (SSSR count). The highest BCUT2D eigenvalue weighted by molar-refractivity contribution is 5.79. The monoisotopic (exact) mass is 369 g/mol. The molecule has 4 N–H and O–H groups in total. The Balaban J connectivity index is 2.24. The summed E-state index contributed by atoms with van der Waals surface area (Å²) in [5.41, 5.74) is 0. The number of alkyl halides is 2. The lowest BCUT2D eigenvalue weighted by molar-refractivity contribution is -0.245. The van der Waals surface area contributed by atoms with Crippen LogP contribution in [0.3, 0.4) is 0 Å². The number of ether oxygens (including phenoxy) is 2. The normalized spacial score (nSPS) is 29.5. The largest absolute Gasteiger partial charge is 0.462 e. The van der Waals surface area contributed by atoms with Crippen molar-refractivity contribution >= 4 is 5.91 Å². The second-order valence-electron chi connectivity index (χ2n) is 5.24. The maximum atomic E-state index is 13.2. The summed E-state index contributed by atoms with van der Waals surface area (Å²) in [6.45, 7) is -0.759. The molecule has 1 saturated heterocycles. The summed E-state index contributed by atoms with van der Waals surface area (Å²) < 4.78 is 61.3. The Morgan fingerprint density at radius 2 is 1.92 bits per heavy atom. The number of carbonyl (C=O) groups excluding carboxylic acids is 1. The van der Waals surface area contributed by atoms with Crippen LogP contribution in [-0.2, 0) is 9.53 Å². The molecule has 11 heteroatoms. The Labute approximate surface area is 138 Å². The SMILES string of the molecule is O=C(N[C@H]1[C@H](Oc2ccc(F)c(F)c2)O[C@H](CO)[C@@H](O)[C@@H]1O)C(F)F. The molecule has 1 heterocycles. The van der Waals surface area contributed by atoms with Gasteiger partial charge in [0, 0.05) is 6.07 Å². The van der Waals surface area contributed by atoms with Crippen LogP contribution in [0, 0.1) is 11.6 Å². The molecule has 0 saturated carbocycles. The lowest BCUT2D eigenvalue weighted by Gasteiger charge is -2.42. The third-order valence-corrected chi connectivity index (χ3v) is 3.53. The van der Waals surface area contributed by atoms with Crippen LogP contribution in [0.25, 0.3) is 0 Å². The molecule has 1 aromatic carbocycles. The van der Waals surface area contributed by atoms with E-state index in [1.807, 2.05) is 0 Å². The number of nitrogens with one attached hydrogen (secondary N) is 1. The maximum Gasteiger partial charge on any atom is 0.315 e. The number of benzene rings is 1. The zero-order chi connectivity index (χ0) is 18.7. The highest BCUT2D eigenvalue weighted by atomic mass is 19.3. The summed E-state index contributed by atoms with van der Waals surface area (Å²) in [6.07, 6.45) is -9.97. The van der Waals surface area contributed by atoms with E-state index in [4.69, 9.17) is 14.6 Å².